The molecule has 0 saturated heterocycles. The second-order valence-electron chi connectivity index (χ2n) is 5.08. The van der Waals surface area contributed by atoms with Crippen LogP contribution in [0.4, 0.5) is 4.79 Å². The Balaban J connectivity index is 4.59. The molecule has 2 atom stereocenters. The molecule has 0 bridgehead atoms. The maximum atomic E-state index is 11.7. The number of alkyl halides is 1. The number of alkyl carbamates (subject to hydrolysis) is 1. The Morgan fingerprint density at radius 1 is 1.33 bits per heavy atom. The fourth-order valence-corrected chi connectivity index (χ4v) is 1.35. The largest absolute Gasteiger partial charge is 0.448 e. The van der Waals surface area contributed by atoms with Crippen LogP contribution >= 0.6 is 11.6 Å². The molecule has 0 rings (SSSR count). The van der Waals surface area contributed by atoms with Crippen LogP contribution in [0.1, 0.15) is 41.0 Å². The topological polar surface area (TPSA) is 64.6 Å². The molecule has 106 valence electrons. The Labute approximate surface area is 113 Å². The number of amides is 1. The first-order valence-corrected chi connectivity index (χ1v) is 6.46. The van der Waals surface area contributed by atoms with Gasteiger partial charge in [0.1, 0.15) is 11.6 Å². The van der Waals surface area contributed by atoms with E-state index in [1.165, 1.54) is 0 Å². The molecule has 0 aliphatic carbocycles. The minimum absolute atomic E-state index is 0.0618. The predicted octanol–water partition coefficient (Wildman–Crippen LogP) is 2.67. The van der Waals surface area contributed by atoms with E-state index in [2.05, 4.69) is 5.32 Å². The van der Waals surface area contributed by atoms with Crippen LogP contribution in [-0.4, -0.2) is 29.8 Å². The first kappa shape index (κ1) is 17.0. The minimum Gasteiger partial charge on any atom is -0.448 e. The highest BCUT2D eigenvalue weighted by molar-refractivity contribution is 6.17. The third-order valence-corrected chi connectivity index (χ3v) is 2.45. The van der Waals surface area contributed by atoms with Crippen LogP contribution < -0.4 is 5.32 Å². The van der Waals surface area contributed by atoms with E-state index >= 15 is 0 Å². The number of ether oxygens (including phenoxy) is 2. The number of nitrogens with one attached hydrogen (secondary N) is 1. The van der Waals surface area contributed by atoms with Gasteiger partial charge in [0.25, 0.3) is 0 Å². The van der Waals surface area contributed by atoms with Gasteiger partial charge in [-0.15, -0.1) is 0 Å². The zero-order valence-electron chi connectivity index (χ0n) is 11.6. The number of carbonyl (C=O) groups is 2. The highest BCUT2D eigenvalue weighted by atomic mass is 35.5. The fourth-order valence-electron chi connectivity index (χ4n) is 1.25. The number of hydrogen-bond acceptors (Lipinski definition) is 4. The van der Waals surface area contributed by atoms with Gasteiger partial charge < -0.3 is 14.8 Å². The lowest BCUT2D eigenvalue weighted by molar-refractivity contribution is -0.145. The van der Waals surface area contributed by atoms with E-state index in [1.807, 2.05) is 13.8 Å². The van der Waals surface area contributed by atoms with Gasteiger partial charge in [0.2, 0.25) is 0 Å². The van der Waals surface area contributed by atoms with Crippen molar-refractivity contribution in [2.45, 2.75) is 52.7 Å². The van der Waals surface area contributed by atoms with Crippen molar-refractivity contribution in [2.75, 3.05) is 6.07 Å². The molecule has 0 radical (unpaired) electrons. The van der Waals surface area contributed by atoms with E-state index in [9.17, 15) is 9.59 Å². The molecule has 0 saturated carbocycles. The smallest absolute Gasteiger partial charge is 0.408 e. The van der Waals surface area contributed by atoms with Gasteiger partial charge in [0, 0.05) is 0 Å². The Kier molecular flexibility index (Phi) is 7.06. The summed E-state index contributed by atoms with van der Waals surface area (Å²) in [7, 11) is 0. The second-order valence-corrected chi connectivity index (χ2v) is 5.30. The lowest BCUT2D eigenvalue weighted by Crippen LogP contribution is -2.47. The molecule has 0 spiro atoms. The number of esters is 1. The van der Waals surface area contributed by atoms with Gasteiger partial charge in [-0.05, 0) is 26.7 Å². The van der Waals surface area contributed by atoms with Gasteiger partial charge in [0.15, 0.2) is 6.07 Å². The molecule has 0 unspecified atom stereocenters. The lowest BCUT2D eigenvalue weighted by Gasteiger charge is -2.25. The SMILES string of the molecule is CC[C@H](C)[C@H](NC(=O)OC(C)(C)C)C(=O)OCCl. The molecule has 6 heteroatoms. The molecule has 0 aliphatic rings. The van der Waals surface area contributed by atoms with Crippen molar-refractivity contribution in [3.05, 3.63) is 0 Å². The summed E-state index contributed by atoms with van der Waals surface area (Å²) < 4.78 is 9.81. The number of rotatable bonds is 5. The molecule has 1 N–H and O–H groups in total. The van der Waals surface area contributed by atoms with Gasteiger partial charge in [-0.3, -0.25) is 0 Å². The molecule has 0 aliphatic heterocycles. The number of halogens is 1. The molecule has 1 amide bonds. The van der Waals surface area contributed by atoms with Crippen LogP contribution in [0.15, 0.2) is 0 Å². The van der Waals surface area contributed by atoms with Crippen molar-refractivity contribution in [3.8, 4) is 0 Å². The van der Waals surface area contributed by atoms with Crippen molar-refractivity contribution >= 4 is 23.7 Å². The zero-order valence-corrected chi connectivity index (χ0v) is 12.3. The average Bonchev–Trinajstić information content (AvgIpc) is 2.22. The number of carbonyl (C=O) groups excluding carboxylic acids is 2. The minimum atomic E-state index is -0.747. The van der Waals surface area contributed by atoms with Crippen LogP contribution in [0.25, 0.3) is 0 Å². The third-order valence-electron chi connectivity index (χ3n) is 2.34. The molecule has 0 aromatic rings. The van der Waals surface area contributed by atoms with Crippen LogP contribution in [0.5, 0.6) is 0 Å². The van der Waals surface area contributed by atoms with Crippen LogP contribution in [-0.2, 0) is 14.3 Å². The van der Waals surface area contributed by atoms with E-state index < -0.39 is 23.7 Å². The summed E-state index contributed by atoms with van der Waals surface area (Å²) >= 11 is 5.34. The monoisotopic (exact) mass is 279 g/mol. The zero-order chi connectivity index (χ0) is 14.3. The van der Waals surface area contributed by atoms with Crippen molar-refractivity contribution in [3.63, 3.8) is 0 Å². The summed E-state index contributed by atoms with van der Waals surface area (Å²) in [5.41, 5.74) is -0.611. The predicted molar refractivity (Wildman–Crippen MR) is 69.4 cm³/mol. The van der Waals surface area contributed by atoms with Crippen LogP contribution in [0.2, 0.25) is 0 Å². The summed E-state index contributed by atoms with van der Waals surface area (Å²) in [5, 5.41) is 2.51. The van der Waals surface area contributed by atoms with Crippen LogP contribution in [0, 0.1) is 5.92 Å². The van der Waals surface area contributed by atoms with E-state index in [0.29, 0.717) is 0 Å². The third kappa shape index (κ3) is 6.69. The summed E-state index contributed by atoms with van der Waals surface area (Å²) in [6.45, 7) is 9.02. The molecule has 5 nitrogen and oxygen atoms in total. The lowest BCUT2D eigenvalue weighted by atomic mass is 9.99. The maximum absolute atomic E-state index is 11.7. The average molecular weight is 280 g/mol. The Morgan fingerprint density at radius 2 is 1.89 bits per heavy atom. The first-order chi connectivity index (χ1) is 8.21. The molecule has 0 fully saturated rings. The van der Waals surface area contributed by atoms with Gasteiger partial charge in [0.05, 0.1) is 0 Å². The normalized spacial score (nSPS) is 14.6. The van der Waals surface area contributed by atoms with Crippen molar-refractivity contribution in [2.24, 2.45) is 5.92 Å². The van der Waals surface area contributed by atoms with E-state index in [0.717, 1.165) is 6.42 Å². The highest BCUT2D eigenvalue weighted by Gasteiger charge is 2.29. The van der Waals surface area contributed by atoms with Gasteiger partial charge in [-0.1, -0.05) is 31.9 Å². The maximum Gasteiger partial charge on any atom is 0.408 e. The van der Waals surface area contributed by atoms with Crippen molar-refractivity contribution in [1.29, 1.82) is 0 Å². The Morgan fingerprint density at radius 3 is 2.28 bits per heavy atom. The van der Waals surface area contributed by atoms with Crippen LogP contribution in [0.3, 0.4) is 0 Å². The summed E-state index contributed by atoms with van der Waals surface area (Å²) in [6, 6.07) is -0.981. The molecule has 0 aromatic heterocycles. The quantitative estimate of drug-likeness (QED) is 0.621. The Hall–Kier alpha value is -0.970. The highest BCUT2D eigenvalue weighted by Crippen LogP contribution is 2.12. The van der Waals surface area contributed by atoms with Gasteiger partial charge >= 0.3 is 12.1 Å². The molecular weight excluding hydrogens is 258 g/mol. The summed E-state index contributed by atoms with van der Waals surface area (Å²) in [6.07, 6.45) is 0.0806. The fraction of sp³-hybridized carbons (Fsp3) is 0.833. The summed E-state index contributed by atoms with van der Waals surface area (Å²) in [5.74, 6) is -0.613. The van der Waals surface area contributed by atoms with Gasteiger partial charge in [-0.2, -0.15) is 0 Å². The molecule has 0 heterocycles. The van der Waals surface area contributed by atoms with Crippen molar-refractivity contribution in [1.82, 2.24) is 5.32 Å². The van der Waals surface area contributed by atoms with Crippen molar-refractivity contribution < 1.29 is 19.1 Å². The number of hydrogen-bond donors (Lipinski definition) is 1. The summed E-state index contributed by atoms with van der Waals surface area (Å²) in [4.78, 5) is 23.3. The van der Waals surface area contributed by atoms with E-state index in [1.54, 1.807) is 20.8 Å². The molecule has 0 aromatic carbocycles. The molecular formula is C12H22ClNO4. The van der Waals surface area contributed by atoms with Gasteiger partial charge in [-0.25, -0.2) is 9.59 Å². The van der Waals surface area contributed by atoms with E-state index in [4.69, 9.17) is 21.1 Å². The second kappa shape index (κ2) is 7.46. The van der Waals surface area contributed by atoms with E-state index in [-0.39, 0.29) is 12.0 Å². The first-order valence-electron chi connectivity index (χ1n) is 5.93. The molecule has 18 heavy (non-hydrogen) atoms. The standard InChI is InChI=1S/C12H22ClNO4/c1-6-8(2)9(10(15)17-7-13)14-11(16)18-12(3,4)5/h8-9H,6-7H2,1-5H3,(H,14,16)/t8-,9-/m0/s1. The Bertz CT molecular complexity index is 288.